The van der Waals surface area contributed by atoms with Crippen molar-refractivity contribution in [3.8, 4) is 0 Å². The van der Waals surface area contributed by atoms with E-state index in [-0.39, 0.29) is 34.0 Å². The normalized spacial score (nSPS) is 12.3. The van der Waals surface area contributed by atoms with Gasteiger partial charge in [0, 0.05) is 6.54 Å². The molecular formula is C17H16Cl2F2N2O. The van der Waals surface area contributed by atoms with Crippen LogP contribution in [0.1, 0.15) is 22.0 Å². The van der Waals surface area contributed by atoms with E-state index in [9.17, 15) is 13.6 Å². The van der Waals surface area contributed by atoms with Gasteiger partial charge in [0.25, 0.3) is 5.91 Å². The highest BCUT2D eigenvalue weighted by Crippen LogP contribution is 2.24. The van der Waals surface area contributed by atoms with Crippen molar-refractivity contribution < 1.29 is 13.6 Å². The number of carbonyl (C=O) groups is 1. The highest BCUT2D eigenvalue weighted by Gasteiger charge is 2.18. The van der Waals surface area contributed by atoms with Crippen LogP contribution in [-0.4, -0.2) is 31.4 Å². The van der Waals surface area contributed by atoms with Crippen LogP contribution in [0.5, 0.6) is 0 Å². The van der Waals surface area contributed by atoms with Crippen LogP contribution in [-0.2, 0) is 0 Å². The number of nitrogens with zero attached hydrogens (tertiary/aromatic N) is 1. The minimum absolute atomic E-state index is 0.00942. The topological polar surface area (TPSA) is 32.3 Å². The molecule has 0 heterocycles. The molecule has 24 heavy (non-hydrogen) atoms. The molecule has 0 bridgehead atoms. The smallest absolute Gasteiger partial charge is 0.252 e. The van der Waals surface area contributed by atoms with E-state index in [1.165, 1.54) is 18.2 Å². The lowest BCUT2D eigenvalue weighted by Crippen LogP contribution is -2.34. The maximum atomic E-state index is 13.5. The first-order valence-electron chi connectivity index (χ1n) is 7.14. The van der Waals surface area contributed by atoms with Crippen LogP contribution in [0, 0.1) is 11.6 Å². The second-order valence-electron chi connectivity index (χ2n) is 5.49. The standard InChI is InChI=1S/C17H16Cl2F2N2O/c1-23(2)16(10-3-5-11(20)6-4-10)9-22-17(24)12-7-15(21)14(19)8-13(12)18/h3-8,16H,9H2,1-2H3,(H,22,24). The van der Waals surface area contributed by atoms with Crippen molar-refractivity contribution in [1.82, 2.24) is 10.2 Å². The van der Waals surface area contributed by atoms with Crippen molar-refractivity contribution in [2.75, 3.05) is 20.6 Å². The highest BCUT2D eigenvalue weighted by atomic mass is 35.5. The molecule has 0 aromatic heterocycles. The maximum absolute atomic E-state index is 13.5. The molecule has 1 amide bonds. The fraction of sp³-hybridized carbons (Fsp3) is 0.235. The largest absolute Gasteiger partial charge is 0.350 e. The molecule has 128 valence electrons. The number of nitrogens with one attached hydrogen (secondary N) is 1. The fourth-order valence-corrected chi connectivity index (χ4v) is 2.73. The zero-order chi connectivity index (χ0) is 17.9. The second kappa shape index (κ2) is 7.92. The number of hydrogen-bond donors (Lipinski definition) is 1. The van der Waals surface area contributed by atoms with Gasteiger partial charge in [-0.25, -0.2) is 8.78 Å². The summed E-state index contributed by atoms with van der Waals surface area (Å²) in [7, 11) is 3.68. The molecule has 0 saturated heterocycles. The van der Waals surface area contributed by atoms with E-state index < -0.39 is 11.7 Å². The molecule has 0 spiro atoms. The average Bonchev–Trinajstić information content (AvgIpc) is 2.52. The van der Waals surface area contributed by atoms with Crippen LogP contribution in [0.2, 0.25) is 10.0 Å². The number of hydrogen-bond acceptors (Lipinski definition) is 2. The third kappa shape index (κ3) is 4.44. The van der Waals surface area contributed by atoms with Gasteiger partial charge in [-0.15, -0.1) is 0 Å². The molecule has 7 heteroatoms. The van der Waals surface area contributed by atoms with Gasteiger partial charge in [0.1, 0.15) is 11.6 Å². The Morgan fingerprint density at radius 1 is 1.12 bits per heavy atom. The van der Waals surface area contributed by atoms with Gasteiger partial charge in [-0.1, -0.05) is 35.3 Å². The third-order valence-corrected chi connectivity index (χ3v) is 4.19. The number of amides is 1. The molecule has 1 atom stereocenters. The molecular weight excluding hydrogens is 357 g/mol. The van der Waals surface area contributed by atoms with Crippen LogP contribution in [0.3, 0.4) is 0 Å². The van der Waals surface area contributed by atoms with Crippen LogP contribution < -0.4 is 5.32 Å². The molecule has 2 rings (SSSR count). The molecule has 3 nitrogen and oxygen atoms in total. The molecule has 0 saturated carbocycles. The molecule has 1 unspecified atom stereocenters. The van der Waals surface area contributed by atoms with Crippen molar-refractivity contribution in [2.45, 2.75) is 6.04 Å². The first-order chi connectivity index (χ1) is 11.3. The quantitative estimate of drug-likeness (QED) is 0.793. The van der Waals surface area contributed by atoms with Crippen LogP contribution >= 0.6 is 23.2 Å². The molecule has 0 radical (unpaired) electrons. The summed E-state index contributed by atoms with van der Waals surface area (Å²) in [6, 6.07) is 8.05. The summed E-state index contributed by atoms with van der Waals surface area (Å²) in [6.07, 6.45) is 0. The summed E-state index contributed by atoms with van der Waals surface area (Å²) in [6.45, 7) is 0.248. The van der Waals surface area contributed by atoms with E-state index in [1.54, 1.807) is 12.1 Å². The van der Waals surface area contributed by atoms with E-state index >= 15 is 0 Å². The molecule has 2 aromatic rings. The van der Waals surface area contributed by atoms with E-state index in [4.69, 9.17) is 23.2 Å². The number of halogens is 4. The molecule has 1 N–H and O–H groups in total. The molecule has 0 aliphatic rings. The van der Waals surface area contributed by atoms with Crippen LogP contribution in [0.15, 0.2) is 36.4 Å². The third-order valence-electron chi connectivity index (χ3n) is 3.59. The SMILES string of the molecule is CN(C)C(CNC(=O)c1cc(F)c(Cl)cc1Cl)c1ccc(F)cc1. The van der Waals surface area contributed by atoms with Gasteiger partial charge < -0.3 is 10.2 Å². The number of carbonyl (C=O) groups excluding carboxylic acids is 1. The Balaban J connectivity index is 2.13. The zero-order valence-electron chi connectivity index (χ0n) is 13.1. The summed E-state index contributed by atoms with van der Waals surface area (Å²) >= 11 is 11.6. The van der Waals surface area contributed by atoms with Crippen molar-refractivity contribution >= 4 is 29.1 Å². The average molecular weight is 373 g/mol. The summed E-state index contributed by atoms with van der Waals surface area (Å²) in [4.78, 5) is 14.1. The van der Waals surface area contributed by atoms with Gasteiger partial charge in [-0.05, 0) is 43.9 Å². The first kappa shape index (κ1) is 18.6. The molecule has 0 aliphatic heterocycles. The van der Waals surface area contributed by atoms with E-state index in [2.05, 4.69) is 5.32 Å². The maximum Gasteiger partial charge on any atom is 0.252 e. The second-order valence-corrected chi connectivity index (χ2v) is 6.30. The van der Waals surface area contributed by atoms with Gasteiger partial charge in [-0.2, -0.15) is 0 Å². The van der Waals surface area contributed by atoms with E-state index in [0.717, 1.165) is 11.6 Å². The van der Waals surface area contributed by atoms with Crippen molar-refractivity contribution in [2.24, 2.45) is 0 Å². The summed E-state index contributed by atoms with van der Waals surface area (Å²) < 4.78 is 26.6. The van der Waals surface area contributed by atoms with E-state index in [1.807, 2.05) is 19.0 Å². The zero-order valence-corrected chi connectivity index (χ0v) is 14.6. The lowest BCUT2D eigenvalue weighted by molar-refractivity contribution is 0.0941. The lowest BCUT2D eigenvalue weighted by Gasteiger charge is -2.25. The first-order valence-corrected chi connectivity index (χ1v) is 7.90. The minimum atomic E-state index is -0.714. The number of likely N-dealkylation sites (N-methyl/N-ethyl adjacent to an activating group) is 1. The van der Waals surface area contributed by atoms with Crippen LogP contribution in [0.25, 0.3) is 0 Å². The molecule has 2 aromatic carbocycles. The Bertz CT molecular complexity index is 736. The monoisotopic (exact) mass is 372 g/mol. The highest BCUT2D eigenvalue weighted by molar-refractivity contribution is 6.36. The van der Waals surface area contributed by atoms with Gasteiger partial charge in [0.2, 0.25) is 0 Å². The van der Waals surface area contributed by atoms with Gasteiger partial charge in [0.15, 0.2) is 0 Å². The Labute approximate surface area is 149 Å². The number of benzene rings is 2. The molecule has 0 fully saturated rings. The Hall–Kier alpha value is -1.69. The minimum Gasteiger partial charge on any atom is -0.350 e. The van der Waals surface area contributed by atoms with E-state index in [0.29, 0.717) is 0 Å². The summed E-state index contributed by atoms with van der Waals surface area (Å²) in [5, 5.41) is 2.64. The van der Waals surface area contributed by atoms with Crippen molar-refractivity contribution in [3.05, 3.63) is 69.2 Å². The van der Waals surface area contributed by atoms with Gasteiger partial charge in [-0.3, -0.25) is 4.79 Å². The lowest BCUT2D eigenvalue weighted by atomic mass is 10.1. The van der Waals surface area contributed by atoms with Gasteiger partial charge >= 0.3 is 0 Å². The van der Waals surface area contributed by atoms with Crippen molar-refractivity contribution in [3.63, 3.8) is 0 Å². The summed E-state index contributed by atoms with van der Waals surface area (Å²) in [5.41, 5.74) is 0.852. The van der Waals surface area contributed by atoms with Gasteiger partial charge in [0.05, 0.1) is 21.7 Å². The Morgan fingerprint density at radius 3 is 2.33 bits per heavy atom. The van der Waals surface area contributed by atoms with Crippen LogP contribution in [0.4, 0.5) is 8.78 Å². The predicted octanol–water partition coefficient (Wildman–Crippen LogP) is 4.30. The Kier molecular flexibility index (Phi) is 6.15. The molecule has 0 aliphatic carbocycles. The predicted molar refractivity (Wildman–Crippen MR) is 91.6 cm³/mol. The number of rotatable bonds is 5. The summed E-state index contributed by atoms with van der Waals surface area (Å²) in [5.74, 6) is -1.55. The van der Waals surface area contributed by atoms with Crippen molar-refractivity contribution in [1.29, 1.82) is 0 Å². The Morgan fingerprint density at radius 2 is 1.75 bits per heavy atom. The fourth-order valence-electron chi connectivity index (χ4n) is 2.26.